The minimum atomic E-state index is 0.580. The van der Waals surface area contributed by atoms with E-state index in [1.807, 2.05) is 60.7 Å². The van der Waals surface area contributed by atoms with Crippen molar-refractivity contribution in [2.75, 3.05) is 0 Å². The summed E-state index contributed by atoms with van der Waals surface area (Å²) in [5.74, 6) is 2.50. The second kappa shape index (κ2) is 12.7. The van der Waals surface area contributed by atoms with Crippen molar-refractivity contribution in [1.29, 1.82) is 0 Å². The van der Waals surface area contributed by atoms with Crippen LogP contribution in [0, 0.1) is 0 Å². The van der Waals surface area contributed by atoms with E-state index in [4.69, 9.17) is 29.3 Å². The van der Waals surface area contributed by atoms with Gasteiger partial charge in [-0.1, -0.05) is 127 Å². The van der Waals surface area contributed by atoms with Crippen molar-refractivity contribution >= 4 is 85.1 Å². The van der Waals surface area contributed by atoms with E-state index in [1.165, 1.54) is 4.70 Å². The SMILES string of the molecule is c1ccc(-c2nc(-c3ccc4c(c3)oc3ccccc34)nc(-c3cccc4sc5c(-c6nc(-c7ccccc7)c7sc8ccccc8c7n6)cccc5c34)n2)cc1. The monoisotopic (exact) mass is 765 g/mol. The number of hydrogen-bond donors (Lipinski definition) is 0. The van der Waals surface area contributed by atoms with Crippen LogP contribution in [0.15, 0.2) is 168 Å². The third-order valence-corrected chi connectivity index (χ3v) is 12.9. The van der Waals surface area contributed by atoms with Gasteiger partial charge in [0.2, 0.25) is 0 Å². The molecule has 5 aromatic heterocycles. The molecular weight excluding hydrogens is 739 g/mol. The van der Waals surface area contributed by atoms with E-state index in [0.29, 0.717) is 23.3 Å². The minimum absolute atomic E-state index is 0.580. The number of fused-ring (bicyclic) bond motifs is 9. The van der Waals surface area contributed by atoms with Gasteiger partial charge < -0.3 is 4.42 Å². The molecule has 0 amide bonds. The number of para-hydroxylation sites is 1. The molecule has 12 aromatic rings. The highest BCUT2D eigenvalue weighted by atomic mass is 32.1. The molecule has 0 aliphatic rings. The summed E-state index contributed by atoms with van der Waals surface area (Å²) in [6, 6.07) is 56.2. The Morgan fingerprint density at radius 1 is 0.368 bits per heavy atom. The first-order valence-electron chi connectivity index (χ1n) is 18.7. The largest absolute Gasteiger partial charge is 0.456 e. The predicted octanol–water partition coefficient (Wildman–Crippen LogP) is 13.6. The first kappa shape index (κ1) is 32.1. The highest BCUT2D eigenvalue weighted by Gasteiger charge is 2.22. The summed E-state index contributed by atoms with van der Waals surface area (Å²) in [5.41, 5.74) is 8.35. The average Bonchev–Trinajstić information content (AvgIpc) is 3.97. The van der Waals surface area contributed by atoms with E-state index >= 15 is 0 Å². The van der Waals surface area contributed by atoms with Crippen molar-refractivity contribution in [1.82, 2.24) is 24.9 Å². The predicted molar refractivity (Wildman–Crippen MR) is 236 cm³/mol. The zero-order valence-electron chi connectivity index (χ0n) is 30.0. The summed E-state index contributed by atoms with van der Waals surface area (Å²) < 4.78 is 10.8. The fraction of sp³-hybridized carbons (Fsp3) is 0. The molecule has 8 heteroatoms. The fourth-order valence-electron chi connectivity index (χ4n) is 7.92. The zero-order valence-corrected chi connectivity index (χ0v) is 31.7. The van der Waals surface area contributed by atoms with E-state index in [0.717, 1.165) is 91.2 Å². The summed E-state index contributed by atoms with van der Waals surface area (Å²) in [7, 11) is 0. The average molecular weight is 766 g/mol. The van der Waals surface area contributed by atoms with Crippen molar-refractivity contribution in [3.63, 3.8) is 0 Å². The molecule has 0 aliphatic heterocycles. The van der Waals surface area contributed by atoms with E-state index in [2.05, 4.69) is 103 Å². The quantitative estimate of drug-likeness (QED) is 0.174. The Bertz CT molecular complexity index is 3540. The Morgan fingerprint density at radius 2 is 0.982 bits per heavy atom. The lowest BCUT2D eigenvalue weighted by Gasteiger charge is -2.10. The Balaban J connectivity index is 1.07. The number of rotatable bonds is 5. The van der Waals surface area contributed by atoms with Gasteiger partial charge in [-0.3, -0.25) is 0 Å². The number of furan rings is 1. The molecule has 0 unspecified atom stereocenters. The van der Waals surface area contributed by atoms with Gasteiger partial charge in [-0.15, -0.1) is 22.7 Å². The minimum Gasteiger partial charge on any atom is -0.456 e. The second-order valence-electron chi connectivity index (χ2n) is 14.0. The van der Waals surface area contributed by atoms with Crippen LogP contribution in [0.2, 0.25) is 0 Å². The van der Waals surface area contributed by atoms with E-state index < -0.39 is 0 Å². The van der Waals surface area contributed by atoms with Crippen LogP contribution in [0.5, 0.6) is 0 Å². The number of aromatic nitrogens is 5. The summed E-state index contributed by atoms with van der Waals surface area (Å²) in [6.07, 6.45) is 0. The molecule has 266 valence electrons. The van der Waals surface area contributed by atoms with Crippen molar-refractivity contribution in [2.24, 2.45) is 0 Å². The van der Waals surface area contributed by atoms with Gasteiger partial charge in [-0.2, -0.15) is 0 Å². The lowest BCUT2D eigenvalue weighted by molar-refractivity contribution is 0.669. The molecule has 5 heterocycles. The molecule has 0 saturated carbocycles. The van der Waals surface area contributed by atoms with Crippen LogP contribution in [-0.4, -0.2) is 24.9 Å². The van der Waals surface area contributed by atoms with Gasteiger partial charge in [0.25, 0.3) is 0 Å². The Morgan fingerprint density at radius 3 is 1.84 bits per heavy atom. The van der Waals surface area contributed by atoms with E-state index in [-0.39, 0.29) is 0 Å². The summed E-state index contributed by atoms with van der Waals surface area (Å²) in [5, 5.41) is 5.48. The van der Waals surface area contributed by atoms with E-state index in [9.17, 15) is 0 Å². The summed E-state index contributed by atoms with van der Waals surface area (Å²) in [4.78, 5) is 26.0. The molecule has 12 rings (SSSR count). The molecular formula is C49H27N5OS2. The molecule has 0 bridgehead atoms. The number of nitrogens with zero attached hydrogens (tertiary/aromatic N) is 5. The normalized spacial score (nSPS) is 11.9. The third-order valence-electron chi connectivity index (χ3n) is 10.6. The van der Waals surface area contributed by atoms with Crippen LogP contribution in [0.4, 0.5) is 0 Å². The lowest BCUT2D eigenvalue weighted by Crippen LogP contribution is -2.00. The highest BCUT2D eigenvalue weighted by Crippen LogP contribution is 2.45. The van der Waals surface area contributed by atoms with Crippen molar-refractivity contribution in [2.45, 2.75) is 0 Å². The van der Waals surface area contributed by atoms with Crippen LogP contribution >= 0.6 is 22.7 Å². The number of benzene rings is 7. The van der Waals surface area contributed by atoms with Crippen LogP contribution < -0.4 is 0 Å². The van der Waals surface area contributed by atoms with Gasteiger partial charge in [0.1, 0.15) is 11.2 Å². The third kappa shape index (κ3) is 5.19. The van der Waals surface area contributed by atoms with Gasteiger partial charge in [0, 0.05) is 68.8 Å². The van der Waals surface area contributed by atoms with Crippen LogP contribution in [0.3, 0.4) is 0 Å². The molecule has 0 atom stereocenters. The lowest BCUT2D eigenvalue weighted by atomic mass is 10.0. The molecule has 0 saturated heterocycles. The van der Waals surface area contributed by atoms with Crippen LogP contribution in [0.1, 0.15) is 0 Å². The number of hydrogen-bond acceptors (Lipinski definition) is 8. The molecule has 0 spiro atoms. The van der Waals surface area contributed by atoms with Gasteiger partial charge >= 0.3 is 0 Å². The molecule has 0 radical (unpaired) electrons. The van der Waals surface area contributed by atoms with Crippen LogP contribution in [-0.2, 0) is 0 Å². The Labute approximate surface area is 333 Å². The van der Waals surface area contributed by atoms with Crippen LogP contribution in [0.25, 0.3) is 119 Å². The van der Waals surface area contributed by atoms with Crippen molar-refractivity contribution in [3.05, 3.63) is 164 Å². The standard InChI is InChI=1S/C49H27N5OS2/c1-3-13-28(14-4-1)42-45-43(33-18-8-10-23-39(33)56-45)51-49(50-42)36-21-11-19-34-41-35(20-12-24-40(41)57-44(34)36)48-53-46(29-15-5-2-6-16-29)52-47(54-48)30-25-26-32-31-17-7-9-22-37(31)55-38(32)27-30/h1-27H. The summed E-state index contributed by atoms with van der Waals surface area (Å²) >= 11 is 3.50. The maximum Gasteiger partial charge on any atom is 0.164 e. The molecule has 7 aromatic carbocycles. The Hall–Kier alpha value is -7.13. The van der Waals surface area contributed by atoms with Crippen molar-refractivity contribution in [3.8, 4) is 56.8 Å². The smallest absolute Gasteiger partial charge is 0.164 e. The molecule has 0 fully saturated rings. The number of thiophene rings is 2. The molecule has 0 aliphatic carbocycles. The first-order chi connectivity index (χ1) is 28.2. The molecule has 0 N–H and O–H groups in total. The molecule has 6 nitrogen and oxygen atoms in total. The van der Waals surface area contributed by atoms with Gasteiger partial charge in [-0.05, 0) is 36.4 Å². The van der Waals surface area contributed by atoms with Gasteiger partial charge in [0.15, 0.2) is 23.3 Å². The Kier molecular flexibility index (Phi) is 7.17. The molecule has 57 heavy (non-hydrogen) atoms. The van der Waals surface area contributed by atoms with Crippen molar-refractivity contribution < 1.29 is 4.42 Å². The van der Waals surface area contributed by atoms with Gasteiger partial charge in [0.05, 0.1) is 15.9 Å². The zero-order chi connectivity index (χ0) is 37.5. The fourth-order valence-corrected chi connectivity index (χ4v) is 10.3. The first-order valence-corrected chi connectivity index (χ1v) is 20.3. The second-order valence-corrected chi connectivity index (χ2v) is 16.1. The maximum atomic E-state index is 6.28. The van der Waals surface area contributed by atoms with E-state index in [1.54, 1.807) is 22.7 Å². The topological polar surface area (TPSA) is 77.6 Å². The highest BCUT2D eigenvalue weighted by molar-refractivity contribution is 7.26. The summed E-state index contributed by atoms with van der Waals surface area (Å²) in [6.45, 7) is 0. The van der Waals surface area contributed by atoms with Gasteiger partial charge in [-0.25, -0.2) is 24.9 Å². The maximum absolute atomic E-state index is 6.28.